The van der Waals surface area contributed by atoms with Crippen molar-refractivity contribution < 1.29 is 0 Å². The monoisotopic (exact) mass is 194 g/mol. The zero-order valence-electron chi connectivity index (χ0n) is 9.32. The van der Waals surface area contributed by atoms with Crippen molar-refractivity contribution in [2.45, 2.75) is 40.2 Å². The molecule has 0 aliphatic rings. The van der Waals surface area contributed by atoms with Crippen LogP contribution in [0.15, 0.2) is 17.1 Å². The normalized spacial score (nSPS) is 11.3. The van der Waals surface area contributed by atoms with E-state index in [9.17, 15) is 4.79 Å². The number of rotatable bonds is 3. The largest absolute Gasteiger partial charge is 0.270 e. The number of hydrogen-bond acceptors (Lipinski definition) is 2. The highest BCUT2D eigenvalue weighted by molar-refractivity contribution is 5.11. The Morgan fingerprint density at radius 2 is 2.00 bits per heavy atom. The van der Waals surface area contributed by atoms with Gasteiger partial charge in [-0.05, 0) is 17.9 Å². The molecule has 1 aromatic rings. The third-order valence-corrected chi connectivity index (χ3v) is 2.10. The minimum absolute atomic E-state index is 0.0520. The Bertz CT molecular complexity index is 353. The average molecular weight is 194 g/mol. The van der Waals surface area contributed by atoms with Crippen molar-refractivity contribution in [3.63, 3.8) is 0 Å². The molecule has 0 fully saturated rings. The molecule has 0 atom stereocenters. The fourth-order valence-electron chi connectivity index (χ4n) is 1.38. The maximum absolute atomic E-state index is 11.8. The van der Waals surface area contributed by atoms with E-state index >= 15 is 0 Å². The molecule has 0 aliphatic carbocycles. The molecule has 0 bridgehead atoms. The van der Waals surface area contributed by atoms with Crippen molar-refractivity contribution >= 4 is 0 Å². The zero-order chi connectivity index (χ0) is 10.7. The third-order valence-electron chi connectivity index (χ3n) is 2.10. The molecule has 1 heterocycles. The van der Waals surface area contributed by atoms with E-state index in [4.69, 9.17) is 0 Å². The molecule has 0 saturated carbocycles. The minimum Gasteiger partial charge on any atom is -0.267 e. The molecule has 1 aromatic heterocycles. The zero-order valence-corrected chi connectivity index (χ0v) is 9.32. The van der Waals surface area contributed by atoms with Crippen molar-refractivity contribution in [3.05, 3.63) is 28.2 Å². The second-order valence-electron chi connectivity index (χ2n) is 4.32. The second-order valence-corrected chi connectivity index (χ2v) is 4.32. The van der Waals surface area contributed by atoms with E-state index in [0.29, 0.717) is 12.5 Å². The maximum Gasteiger partial charge on any atom is 0.270 e. The lowest BCUT2D eigenvalue weighted by Crippen LogP contribution is -2.28. The van der Waals surface area contributed by atoms with Crippen LogP contribution in [0.4, 0.5) is 0 Å². The highest BCUT2D eigenvalue weighted by Gasteiger charge is 2.08. The first-order chi connectivity index (χ1) is 6.52. The van der Waals surface area contributed by atoms with Crippen molar-refractivity contribution in [2.75, 3.05) is 0 Å². The highest BCUT2D eigenvalue weighted by atomic mass is 16.1. The van der Waals surface area contributed by atoms with Gasteiger partial charge in [-0.3, -0.25) is 4.79 Å². The van der Waals surface area contributed by atoms with E-state index in [1.165, 1.54) is 0 Å². The summed E-state index contributed by atoms with van der Waals surface area (Å²) in [6, 6.07) is 1.81. The molecule has 0 aliphatic heterocycles. The molecule has 0 amide bonds. The molecule has 0 spiro atoms. The lowest BCUT2D eigenvalue weighted by molar-refractivity contribution is 0.459. The summed E-state index contributed by atoms with van der Waals surface area (Å²) < 4.78 is 1.56. The van der Waals surface area contributed by atoms with E-state index in [1.54, 1.807) is 10.9 Å². The van der Waals surface area contributed by atoms with Crippen molar-refractivity contribution in [2.24, 2.45) is 5.92 Å². The highest BCUT2D eigenvalue weighted by Crippen LogP contribution is 2.07. The van der Waals surface area contributed by atoms with Crippen LogP contribution in [0.2, 0.25) is 0 Å². The van der Waals surface area contributed by atoms with Gasteiger partial charge in [0.25, 0.3) is 5.56 Å². The van der Waals surface area contributed by atoms with Gasteiger partial charge in [0.05, 0.1) is 0 Å². The standard InChI is InChI=1S/C11H18N2O/c1-8(2)7-13-11(14)10(9(3)4)5-6-12-13/h5-6,8-9H,7H2,1-4H3. The number of hydrogen-bond donors (Lipinski definition) is 0. The van der Waals surface area contributed by atoms with Crippen LogP contribution in [-0.4, -0.2) is 9.78 Å². The van der Waals surface area contributed by atoms with Gasteiger partial charge in [0.15, 0.2) is 0 Å². The molecule has 3 heteroatoms. The molecule has 1 rings (SSSR count). The van der Waals surface area contributed by atoms with Crippen LogP contribution in [-0.2, 0) is 6.54 Å². The van der Waals surface area contributed by atoms with Crippen LogP contribution >= 0.6 is 0 Å². The van der Waals surface area contributed by atoms with E-state index in [0.717, 1.165) is 5.56 Å². The van der Waals surface area contributed by atoms with E-state index in [1.807, 2.05) is 19.9 Å². The molecule has 3 nitrogen and oxygen atoms in total. The summed E-state index contributed by atoms with van der Waals surface area (Å²) in [6.07, 6.45) is 1.71. The van der Waals surface area contributed by atoms with Gasteiger partial charge < -0.3 is 0 Å². The predicted octanol–water partition coefficient (Wildman–Crippen LogP) is 2.02. The Balaban J connectivity index is 3.08. The third kappa shape index (κ3) is 2.44. The first kappa shape index (κ1) is 11.0. The second kappa shape index (κ2) is 4.40. The molecule has 0 unspecified atom stereocenters. The smallest absolute Gasteiger partial charge is 0.267 e. The van der Waals surface area contributed by atoms with Crippen LogP contribution in [0.25, 0.3) is 0 Å². The summed E-state index contributed by atoms with van der Waals surface area (Å²) in [4.78, 5) is 11.8. The summed E-state index contributed by atoms with van der Waals surface area (Å²) in [5, 5.41) is 4.07. The predicted molar refractivity (Wildman–Crippen MR) is 57.4 cm³/mol. The van der Waals surface area contributed by atoms with Gasteiger partial charge in [-0.2, -0.15) is 5.10 Å². The van der Waals surface area contributed by atoms with E-state index < -0.39 is 0 Å². The molecular formula is C11H18N2O. The minimum atomic E-state index is 0.0520. The fraction of sp³-hybridized carbons (Fsp3) is 0.636. The molecule has 0 saturated heterocycles. The van der Waals surface area contributed by atoms with E-state index in [2.05, 4.69) is 18.9 Å². The molecule has 78 valence electrons. The molecule has 0 radical (unpaired) electrons. The Kier molecular flexibility index (Phi) is 3.44. The first-order valence-electron chi connectivity index (χ1n) is 5.08. The van der Waals surface area contributed by atoms with Crippen molar-refractivity contribution in [1.82, 2.24) is 9.78 Å². The first-order valence-corrected chi connectivity index (χ1v) is 5.08. The van der Waals surface area contributed by atoms with Crippen molar-refractivity contribution in [3.8, 4) is 0 Å². The summed E-state index contributed by atoms with van der Waals surface area (Å²) in [7, 11) is 0. The van der Waals surface area contributed by atoms with Crippen LogP contribution in [0.1, 0.15) is 39.2 Å². The molecule has 0 aromatic carbocycles. The van der Waals surface area contributed by atoms with Gasteiger partial charge in [-0.15, -0.1) is 0 Å². The SMILES string of the molecule is CC(C)Cn1nccc(C(C)C)c1=O. The quantitative estimate of drug-likeness (QED) is 0.738. The van der Waals surface area contributed by atoms with Gasteiger partial charge >= 0.3 is 0 Å². The summed E-state index contributed by atoms with van der Waals surface area (Å²) in [6.45, 7) is 8.90. The lowest BCUT2D eigenvalue weighted by Gasteiger charge is -2.10. The molecule has 0 N–H and O–H groups in total. The van der Waals surface area contributed by atoms with Crippen LogP contribution in [0.5, 0.6) is 0 Å². The van der Waals surface area contributed by atoms with Crippen LogP contribution < -0.4 is 5.56 Å². The lowest BCUT2D eigenvalue weighted by atomic mass is 10.1. The van der Waals surface area contributed by atoms with Gasteiger partial charge in [0, 0.05) is 18.3 Å². The number of nitrogens with zero attached hydrogens (tertiary/aromatic N) is 2. The topological polar surface area (TPSA) is 34.9 Å². The van der Waals surface area contributed by atoms with Gasteiger partial charge in [-0.25, -0.2) is 4.68 Å². The van der Waals surface area contributed by atoms with Gasteiger partial charge in [0.1, 0.15) is 0 Å². The summed E-state index contributed by atoms with van der Waals surface area (Å²) in [5.74, 6) is 0.714. The summed E-state index contributed by atoms with van der Waals surface area (Å²) >= 11 is 0. The van der Waals surface area contributed by atoms with Gasteiger partial charge in [0.2, 0.25) is 0 Å². The fourth-order valence-corrected chi connectivity index (χ4v) is 1.38. The van der Waals surface area contributed by atoms with Gasteiger partial charge in [-0.1, -0.05) is 27.7 Å². The Morgan fingerprint density at radius 3 is 2.50 bits per heavy atom. The number of aromatic nitrogens is 2. The van der Waals surface area contributed by atoms with E-state index in [-0.39, 0.29) is 11.5 Å². The van der Waals surface area contributed by atoms with Crippen LogP contribution in [0, 0.1) is 5.92 Å². The average Bonchev–Trinajstić information content (AvgIpc) is 2.07. The van der Waals surface area contributed by atoms with Crippen molar-refractivity contribution in [1.29, 1.82) is 0 Å². The molecule has 14 heavy (non-hydrogen) atoms. The van der Waals surface area contributed by atoms with Crippen LogP contribution in [0.3, 0.4) is 0 Å². The molecular weight excluding hydrogens is 176 g/mol. The summed E-state index contributed by atoms with van der Waals surface area (Å²) in [5.41, 5.74) is 0.900. The Morgan fingerprint density at radius 1 is 1.36 bits per heavy atom. The Labute approximate surface area is 84.8 Å². The Hall–Kier alpha value is -1.12. The maximum atomic E-state index is 11.8.